The quantitative estimate of drug-likeness (QED) is 0.719. The van der Waals surface area contributed by atoms with Crippen molar-refractivity contribution in [1.29, 1.82) is 0 Å². The number of carbonyl (C=O) groups is 1. The van der Waals surface area contributed by atoms with E-state index in [-0.39, 0.29) is 24.0 Å². The van der Waals surface area contributed by atoms with Crippen molar-refractivity contribution < 1.29 is 18.3 Å². The van der Waals surface area contributed by atoms with E-state index in [4.69, 9.17) is 0 Å². The van der Waals surface area contributed by atoms with E-state index in [1.54, 1.807) is 12.1 Å². The monoisotopic (exact) mass is 385 g/mol. The number of aromatic nitrogens is 2. The van der Waals surface area contributed by atoms with Gasteiger partial charge in [-0.1, -0.05) is 24.3 Å². The average molecular weight is 385 g/mol. The molecule has 1 atom stereocenters. The third kappa shape index (κ3) is 4.13. The number of rotatable bonds is 5. The highest BCUT2D eigenvalue weighted by molar-refractivity contribution is 5.79. The highest BCUT2D eigenvalue weighted by Crippen LogP contribution is 2.27. The molecule has 1 fully saturated rings. The predicted octanol–water partition coefficient (Wildman–Crippen LogP) is 4.11. The number of fused-ring (bicyclic) bond motifs is 1. The Balaban J connectivity index is 1.40. The Bertz CT molecular complexity index is 923. The van der Waals surface area contributed by atoms with Gasteiger partial charge in [0.25, 0.3) is 0 Å². The molecule has 0 bridgehead atoms. The van der Waals surface area contributed by atoms with Gasteiger partial charge in [-0.15, -0.1) is 0 Å². The second-order valence-electron chi connectivity index (χ2n) is 7.02. The first-order valence-corrected chi connectivity index (χ1v) is 9.34. The van der Waals surface area contributed by atoms with Crippen molar-refractivity contribution in [3.63, 3.8) is 0 Å². The molecule has 146 valence electrons. The van der Waals surface area contributed by atoms with E-state index >= 15 is 0 Å². The molecule has 4 rings (SSSR count). The number of piperidine rings is 1. The lowest BCUT2D eigenvalue weighted by Gasteiger charge is -2.32. The number of likely N-dealkylation sites (tertiary alicyclic amines) is 1. The number of nitrogens with zero attached hydrogens (tertiary/aromatic N) is 2. The van der Waals surface area contributed by atoms with Crippen molar-refractivity contribution in [2.75, 3.05) is 13.1 Å². The zero-order valence-corrected chi connectivity index (χ0v) is 15.3. The molecule has 2 aromatic carbocycles. The second-order valence-corrected chi connectivity index (χ2v) is 7.02. The number of H-pyrrole nitrogens is 1. The molecule has 0 spiro atoms. The molecule has 3 aromatic rings. The van der Waals surface area contributed by atoms with E-state index < -0.39 is 6.61 Å². The molecule has 1 N–H and O–H groups in total. The van der Waals surface area contributed by atoms with Gasteiger partial charge in [-0.05, 0) is 42.7 Å². The van der Waals surface area contributed by atoms with Crippen LogP contribution in [0.1, 0.15) is 30.1 Å². The lowest BCUT2D eigenvalue weighted by atomic mass is 9.96. The fraction of sp³-hybridized carbons (Fsp3) is 0.333. The van der Waals surface area contributed by atoms with Crippen molar-refractivity contribution in [3.8, 4) is 5.75 Å². The Hall–Kier alpha value is -2.96. The topological polar surface area (TPSA) is 58.2 Å². The summed E-state index contributed by atoms with van der Waals surface area (Å²) in [6.45, 7) is -1.50. The number of hydrogen-bond acceptors (Lipinski definition) is 3. The van der Waals surface area contributed by atoms with Crippen LogP contribution in [0, 0.1) is 0 Å². The predicted molar refractivity (Wildman–Crippen MR) is 101 cm³/mol. The highest BCUT2D eigenvalue weighted by atomic mass is 19.3. The lowest BCUT2D eigenvalue weighted by Crippen LogP contribution is -2.40. The van der Waals surface area contributed by atoms with Crippen LogP contribution in [-0.2, 0) is 11.2 Å². The average Bonchev–Trinajstić information content (AvgIpc) is 3.13. The van der Waals surface area contributed by atoms with Crippen molar-refractivity contribution >= 4 is 16.9 Å². The zero-order chi connectivity index (χ0) is 19.5. The number of aromatic amines is 1. The molecular formula is C21H21F2N3O2. The van der Waals surface area contributed by atoms with Gasteiger partial charge in [-0.3, -0.25) is 4.79 Å². The van der Waals surface area contributed by atoms with Gasteiger partial charge >= 0.3 is 6.61 Å². The van der Waals surface area contributed by atoms with Crippen molar-refractivity contribution in [3.05, 3.63) is 59.9 Å². The number of para-hydroxylation sites is 2. The zero-order valence-electron chi connectivity index (χ0n) is 15.3. The molecule has 0 radical (unpaired) electrons. The third-order valence-corrected chi connectivity index (χ3v) is 5.07. The smallest absolute Gasteiger partial charge is 0.387 e. The summed E-state index contributed by atoms with van der Waals surface area (Å²) in [7, 11) is 0. The molecule has 5 nitrogen and oxygen atoms in total. The number of carbonyl (C=O) groups excluding carboxylic acids is 1. The molecule has 1 aliphatic rings. The number of amides is 1. The number of nitrogens with one attached hydrogen (secondary N) is 1. The fourth-order valence-electron chi connectivity index (χ4n) is 3.67. The summed E-state index contributed by atoms with van der Waals surface area (Å²) in [4.78, 5) is 22.6. The Morgan fingerprint density at radius 2 is 2.00 bits per heavy atom. The Morgan fingerprint density at radius 3 is 2.75 bits per heavy atom. The highest BCUT2D eigenvalue weighted by Gasteiger charge is 2.26. The standard InChI is InChI=1S/C21H21F2N3O2/c22-21(23)28-16-9-7-14(8-10-16)12-19(27)26-11-3-4-15(13-26)20-24-17-5-1-2-6-18(17)25-20/h1-2,5-10,15,21H,3-4,11-13H2,(H,24,25). The van der Waals surface area contributed by atoms with Crippen LogP contribution in [0.15, 0.2) is 48.5 Å². The first-order valence-electron chi connectivity index (χ1n) is 9.34. The van der Waals surface area contributed by atoms with Gasteiger partial charge in [0.2, 0.25) is 5.91 Å². The molecule has 0 aliphatic carbocycles. The third-order valence-electron chi connectivity index (χ3n) is 5.07. The molecule has 1 aromatic heterocycles. The van der Waals surface area contributed by atoms with Crippen LogP contribution in [0.4, 0.5) is 8.78 Å². The maximum atomic E-state index is 12.7. The summed E-state index contributed by atoms with van der Waals surface area (Å²) in [5.74, 6) is 1.23. The first-order chi connectivity index (χ1) is 13.6. The summed E-state index contributed by atoms with van der Waals surface area (Å²) in [6.07, 6.45) is 2.15. The summed E-state index contributed by atoms with van der Waals surface area (Å²) in [6, 6.07) is 14.1. The van der Waals surface area contributed by atoms with Gasteiger partial charge in [-0.25, -0.2) is 4.98 Å². The molecule has 28 heavy (non-hydrogen) atoms. The summed E-state index contributed by atoms with van der Waals surface area (Å²) < 4.78 is 28.8. The Morgan fingerprint density at radius 1 is 1.21 bits per heavy atom. The van der Waals surface area contributed by atoms with Gasteiger partial charge in [0.1, 0.15) is 11.6 Å². The van der Waals surface area contributed by atoms with Crippen molar-refractivity contribution in [2.24, 2.45) is 0 Å². The number of ether oxygens (including phenoxy) is 1. The van der Waals surface area contributed by atoms with Crippen LogP contribution in [0.2, 0.25) is 0 Å². The molecule has 2 heterocycles. The van der Waals surface area contributed by atoms with Crippen molar-refractivity contribution in [2.45, 2.75) is 31.8 Å². The molecule has 7 heteroatoms. The largest absolute Gasteiger partial charge is 0.435 e. The van der Waals surface area contributed by atoms with Gasteiger partial charge in [-0.2, -0.15) is 8.78 Å². The number of benzene rings is 2. The molecular weight excluding hydrogens is 364 g/mol. The van der Waals surface area contributed by atoms with E-state index in [1.807, 2.05) is 29.2 Å². The summed E-state index contributed by atoms with van der Waals surface area (Å²) in [5, 5.41) is 0. The normalized spacial score (nSPS) is 17.2. The minimum absolute atomic E-state index is 0.0309. The summed E-state index contributed by atoms with van der Waals surface area (Å²) in [5.41, 5.74) is 2.72. The van der Waals surface area contributed by atoms with E-state index in [0.717, 1.165) is 41.8 Å². The van der Waals surface area contributed by atoms with E-state index in [2.05, 4.69) is 14.7 Å². The van der Waals surface area contributed by atoms with Crippen LogP contribution in [0.3, 0.4) is 0 Å². The van der Waals surface area contributed by atoms with Crippen molar-refractivity contribution in [1.82, 2.24) is 14.9 Å². The van der Waals surface area contributed by atoms with Gasteiger partial charge in [0.15, 0.2) is 0 Å². The van der Waals surface area contributed by atoms with Crippen LogP contribution >= 0.6 is 0 Å². The molecule has 0 saturated carbocycles. The fourth-order valence-corrected chi connectivity index (χ4v) is 3.67. The van der Waals surface area contributed by atoms with Crippen LogP contribution in [-0.4, -0.2) is 40.5 Å². The molecule has 1 aliphatic heterocycles. The first kappa shape index (κ1) is 18.4. The minimum Gasteiger partial charge on any atom is -0.435 e. The SMILES string of the molecule is O=C(Cc1ccc(OC(F)F)cc1)N1CCCC(c2nc3ccccc3[nH]2)C1. The number of imidazole rings is 1. The molecule has 1 saturated heterocycles. The second kappa shape index (κ2) is 7.96. The lowest BCUT2D eigenvalue weighted by molar-refractivity contribution is -0.131. The van der Waals surface area contributed by atoms with Crippen LogP contribution in [0.5, 0.6) is 5.75 Å². The maximum Gasteiger partial charge on any atom is 0.387 e. The minimum atomic E-state index is -2.85. The number of halogens is 2. The molecule has 1 amide bonds. The van der Waals surface area contributed by atoms with E-state index in [0.29, 0.717) is 6.54 Å². The Labute approximate surface area is 161 Å². The van der Waals surface area contributed by atoms with Gasteiger partial charge < -0.3 is 14.6 Å². The number of alkyl halides is 2. The van der Waals surface area contributed by atoms with Gasteiger partial charge in [0.05, 0.1) is 17.5 Å². The van der Waals surface area contributed by atoms with E-state index in [1.165, 1.54) is 12.1 Å². The van der Waals surface area contributed by atoms with E-state index in [9.17, 15) is 13.6 Å². The number of hydrogen-bond donors (Lipinski definition) is 1. The van der Waals surface area contributed by atoms with Gasteiger partial charge in [0, 0.05) is 19.0 Å². The van der Waals surface area contributed by atoms with Crippen LogP contribution in [0.25, 0.3) is 11.0 Å². The Kier molecular flexibility index (Phi) is 5.23. The summed E-state index contributed by atoms with van der Waals surface area (Å²) >= 11 is 0. The van der Waals surface area contributed by atoms with Crippen LogP contribution < -0.4 is 4.74 Å². The maximum absolute atomic E-state index is 12.7. The molecule has 1 unspecified atom stereocenters.